The van der Waals surface area contributed by atoms with Crippen molar-refractivity contribution in [1.82, 2.24) is 15.4 Å². The highest BCUT2D eigenvalue weighted by molar-refractivity contribution is 5.97. The molecule has 1 heterocycles. The fourth-order valence-electron chi connectivity index (χ4n) is 6.56. The number of aromatic nitrogens is 1. The molecule has 1 unspecified atom stereocenters. The SMILES string of the molecule is C#CC1=CC(C(N)=O)([C@H](Cc2cc(F)cc(F)c2)[C@@H](O)CNC2(c3cc(CC(C)C)no3)CC2)CC(C(=O)N(CCC)CCC)=C1. The van der Waals surface area contributed by atoms with Crippen molar-refractivity contribution in [2.75, 3.05) is 19.6 Å². The normalized spacial score (nSPS) is 20.0. The molecule has 8 nitrogen and oxygen atoms in total. The lowest BCUT2D eigenvalue weighted by Crippen LogP contribution is -2.52. The number of nitrogens with two attached hydrogens (primary N) is 1. The van der Waals surface area contributed by atoms with Crippen LogP contribution < -0.4 is 11.1 Å². The number of carbonyl (C=O) groups is 2. The molecule has 0 bridgehead atoms. The molecular weight excluding hydrogens is 590 g/mol. The molecule has 0 saturated heterocycles. The van der Waals surface area contributed by atoms with E-state index in [9.17, 15) is 23.5 Å². The summed E-state index contributed by atoms with van der Waals surface area (Å²) in [5.41, 5.74) is 5.62. The Bertz CT molecular complexity index is 1490. The predicted octanol–water partition coefficient (Wildman–Crippen LogP) is 4.96. The summed E-state index contributed by atoms with van der Waals surface area (Å²) in [7, 11) is 0. The van der Waals surface area contributed by atoms with E-state index in [0.29, 0.717) is 30.3 Å². The first-order valence-electron chi connectivity index (χ1n) is 16.2. The van der Waals surface area contributed by atoms with Gasteiger partial charge in [-0.1, -0.05) is 44.8 Å². The first-order valence-corrected chi connectivity index (χ1v) is 16.2. The van der Waals surface area contributed by atoms with Crippen LogP contribution in [-0.4, -0.2) is 52.7 Å². The molecule has 1 aromatic carbocycles. The lowest BCUT2D eigenvalue weighted by molar-refractivity contribution is -0.132. The lowest BCUT2D eigenvalue weighted by atomic mass is 9.63. The molecule has 4 N–H and O–H groups in total. The van der Waals surface area contributed by atoms with Gasteiger partial charge >= 0.3 is 0 Å². The van der Waals surface area contributed by atoms with E-state index in [1.165, 1.54) is 18.2 Å². The molecule has 10 heteroatoms. The molecule has 1 fully saturated rings. The van der Waals surface area contributed by atoms with Crippen LogP contribution in [0.1, 0.15) is 76.8 Å². The van der Waals surface area contributed by atoms with Crippen molar-refractivity contribution >= 4 is 11.8 Å². The van der Waals surface area contributed by atoms with E-state index in [0.717, 1.165) is 43.9 Å². The number of allylic oxidation sites excluding steroid dienone is 2. The van der Waals surface area contributed by atoms with Gasteiger partial charge in [0.25, 0.3) is 0 Å². The summed E-state index contributed by atoms with van der Waals surface area (Å²) in [4.78, 5) is 29.1. The van der Waals surface area contributed by atoms with Gasteiger partial charge in [0.2, 0.25) is 11.8 Å². The van der Waals surface area contributed by atoms with E-state index in [1.54, 1.807) is 11.0 Å². The number of benzene rings is 1. The van der Waals surface area contributed by atoms with Gasteiger partial charge in [-0.05, 0) is 74.6 Å². The number of amides is 2. The molecule has 2 aliphatic carbocycles. The second-order valence-corrected chi connectivity index (χ2v) is 13.2. The third kappa shape index (κ3) is 7.94. The number of terminal acetylenes is 1. The molecule has 2 aromatic rings. The average molecular weight is 637 g/mol. The number of aliphatic hydroxyl groups is 1. The Morgan fingerprint density at radius 3 is 2.33 bits per heavy atom. The molecule has 0 radical (unpaired) electrons. The third-order valence-electron chi connectivity index (χ3n) is 8.95. The van der Waals surface area contributed by atoms with Crippen LogP contribution >= 0.6 is 0 Å². The van der Waals surface area contributed by atoms with Crippen molar-refractivity contribution in [2.24, 2.45) is 23.0 Å². The number of carbonyl (C=O) groups excluding carboxylic acids is 2. The minimum atomic E-state index is -1.64. The van der Waals surface area contributed by atoms with Crippen LogP contribution in [0.25, 0.3) is 0 Å². The first kappa shape index (κ1) is 35.1. The van der Waals surface area contributed by atoms with Crippen LogP contribution in [-0.2, 0) is 28.0 Å². The average Bonchev–Trinajstić information content (AvgIpc) is 3.66. The molecular formula is C36H46F2N4O4. The smallest absolute Gasteiger partial charge is 0.249 e. The van der Waals surface area contributed by atoms with E-state index in [2.05, 4.69) is 30.2 Å². The molecule has 46 heavy (non-hydrogen) atoms. The topological polar surface area (TPSA) is 122 Å². The number of rotatable bonds is 16. The Labute approximate surface area is 270 Å². The molecule has 1 aromatic heterocycles. The number of hydrogen-bond acceptors (Lipinski definition) is 6. The minimum Gasteiger partial charge on any atom is -0.391 e. The van der Waals surface area contributed by atoms with Crippen molar-refractivity contribution in [3.05, 3.63) is 76.2 Å². The minimum absolute atomic E-state index is 0.00171. The van der Waals surface area contributed by atoms with Crippen molar-refractivity contribution in [3.63, 3.8) is 0 Å². The lowest BCUT2D eigenvalue weighted by Gasteiger charge is -2.42. The molecule has 248 valence electrons. The fraction of sp³-hybridized carbons (Fsp3) is 0.528. The van der Waals surface area contributed by atoms with E-state index < -0.39 is 40.5 Å². The number of nitrogens with one attached hydrogen (secondary N) is 1. The van der Waals surface area contributed by atoms with E-state index in [1.807, 2.05) is 19.9 Å². The summed E-state index contributed by atoms with van der Waals surface area (Å²) in [6.07, 6.45) is 11.2. The van der Waals surface area contributed by atoms with Crippen LogP contribution in [0, 0.1) is 41.2 Å². The Kier molecular flexibility index (Phi) is 11.2. The van der Waals surface area contributed by atoms with E-state index in [4.69, 9.17) is 16.7 Å². The van der Waals surface area contributed by atoms with Crippen LogP contribution in [0.5, 0.6) is 0 Å². The first-order chi connectivity index (χ1) is 21.9. The Hall–Kier alpha value is -3.81. The highest BCUT2D eigenvalue weighted by Crippen LogP contribution is 2.47. The summed E-state index contributed by atoms with van der Waals surface area (Å²) in [5, 5.41) is 19.5. The predicted molar refractivity (Wildman–Crippen MR) is 172 cm³/mol. The zero-order valence-corrected chi connectivity index (χ0v) is 27.2. The quantitative estimate of drug-likeness (QED) is 0.224. The summed E-state index contributed by atoms with van der Waals surface area (Å²) in [5.74, 6) is -0.0329. The second-order valence-electron chi connectivity index (χ2n) is 13.2. The van der Waals surface area contributed by atoms with Gasteiger partial charge in [0, 0.05) is 48.8 Å². The summed E-state index contributed by atoms with van der Waals surface area (Å²) in [6.45, 7) is 9.17. The van der Waals surface area contributed by atoms with Gasteiger partial charge in [-0.2, -0.15) is 0 Å². The standard InChI is InChI=1S/C36H46F2N4O4/c1-6-11-42(12-7-2)33(44)26-14-24(8-3)20-35(21-26,34(39)45)30(17-25-15-27(37)18-28(38)16-25)31(43)22-40-36(9-10-36)32-19-29(41-46-32)13-23(4)5/h3,14-16,18-20,23,30-31,40,43H,6-7,9-13,17,21-22H2,1-2,4-5H3,(H2,39,45)/t30-,31+,35?/m1/s1. The van der Waals surface area contributed by atoms with Gasteiger partial charge in [0.15, 0.2) is 5.76 Å². The zero-order chi connectivity index (χ0) is 33.6. The van der Waals surface area contributed by atoms with Crippen LogP contribution in [0.3, 0.4) is 0 Å². The third-order valence-corrected chi connectivity index (χ3v) is 8.95. The second kappa shape index (κ2) is 14.7. The molecule has 0 aliphatic heterocycles. The van der Waals surface area contributed by atoms with Crippen LogP contribution in [0.2, 0.25) is 0 Å². The van der Waals surface area contributed by atoms with Gasteiger partial charge in [0.05, 0.1) is 22.8 Å². The number of aliphatic hydroxyl groups excluding tert-OH is 1. The molecule has 2 amide bonds. The van der Waals surface area contributed by atoms with Gasteiger partial charge in [-0.15, -0.1) is 6.42 Å². The van der Waals surface area contributed by atoms with Crippen LogP contribution in [0.4, 0.5) is 8.78 Å². The summed E-state index contributed by atoms with van der Waals surface area (Å²) in [6, 6.07) is 5.01. The molecule has 0 spiro atoms. The highest BCUT2D eigenvalue weighted by Gasteiger charge is 2.51. The van der Waals surface area contributed by atoms with Crippen LogP contribution in [0.15, 0.2) is 52.1 Å². The van der Waals surface area contributed by atoms with Crippen molar-refractivity contribution in [1.29, 1.82) is 0 Å². The fourth-order valence-corrected chi connectivity index (χ4v) is 6.56. The Morgan fingerprint density at radius 2 is 1.78 bits per heavy atom. The maximum absolute atomic E-state index is 14.4. The maximum Gasteiger partial charge on any atom is 0.249 e. The monoisotopic (exact) mass is 636 g/mol. The van der Waals surface area contributed by atoms with Crippen molar-refractivity contribution in [3.8, 4) is 12.3 Å². The number of halogens is 2. The number of primary amides is 1. The number of nitrogens with zero attached hydrogens (tertiary/aromatic N) is 2. The molecule has 4 rings (SSSR count). The Balaban J connectivity index is 1.71. The van der Waals surface area contributed by atoms with E-state index >= 15 is 0 Å². The zero-order valence-electron chi connectivity index (χ0n) is 27.2. The summed E-state index contributed by atoms with van der Waals surface area (Å²) < 4.78 is 34.4. The largest absolute Gasteiger partial charge is 0.391 e. The van der Waals surface area contributed by atoms with Crippen molar-refractivity contribution in [2.45, 2.75) is 84.3 Å². The van der Waals surface area contributed by atoms with Gasteiger partial charge in [-0.25, -0.2) is 8.78 Å². The van der Waals surface area contributed by atoms with Crippen molar-refractivity contribution < 1.29 is 28.0 Å². The highest BCUT2D eigenvalue weighted by atomic mass is 19.1. The molecule has 3 atom stereocenters. The molecule has 2 aliphatic rings. The summed E-state index contributed by atoms with van der Waals surface area (Å²) >= 11 is 0. The number of hydrogen-bond donors (Lipinski definition) is 3. The van der Waals surface area contributed by atoms with Gasteiger partial charge < -0.3 is 25.6 Å². The maximum atomic E-state index is 14.4. The molecule has 1 saturated carbocycles. The van der Waals surface area contributed by atoms with Gasteiger partial charge in [-0.3, -0.25) is 9.59 Å². The van der Waals surface area contributed by atoms with E-state index in [-0.39, 0.29) is 36.4 Å². The Morgan fingerprint density at radius 1 is 1.13 bits per heavy atom. The van der Waals surface area contributed by atoms with Gasteiger partial charge in [0.1, 0.15) is 11.6 Å².